The summed E-state index contributed by atoms with van der Waals surface area (Å²) in [5.41, 5.74) is 2.95. The molecular formula is C21H23N3O2. The standard InChI is InChI=1S/C21H23N3O2/c25-21(16-9-10-19-20(11-16)23-26-22-19)12-17-7-4-8-18(13-21)24(17)14-15-5-2-1-3-6-15/h1-3,5-6,9-11,17-18,25H,4,7-8,12-14H2. The molecule has 5 nitrogen and oxygen atoms in total. The average molecular weight is 349 g/mol. The molecule has 0 aliphatic carbocycles. The van der Waals surface area contributed by atoms with Gasteiger partial charge in [0.1, 0.15) is 11.0 Å². The van der Waals surface area contributed by atoms with E-state index < -0.39 is 5.60 Å². The summed E-state index contributed by atoms with van der Waals surface area (Å²) < 4.78 is 4.81. The molecular weight excluding hydrogens is 326 g/mol. The van der Waals surface area contributed by atoms with E-state index in [9.17, 15) is 5.11 Å². The second-order valence-corrected chi connectivity index (χ2v) is 7.80. The van der Waals surface area contributed by atoms with Crippen molar-refractivity contribution in [1.29, 1.82) is 0 Å². The van der Waals surface area contributed by atoms with Crippen LogP contribution in [0.5, 0.6) is 0 Å². The predicted molar refractivity (Wildman–Crippen MR) is 98.3 cm³/mol. The van der Waals surface area contributed by atoms with Crippen LogP contribution in [-0.4, -0.2) is 32.4 Å². The molecule has 0 amide bonds. The van der Waals surface area contributed by atoms with Crippen LogP contribution in [-0.2, 0) is 12.1 Å². The molecule has 2 atom stereocenters. The smallest absolute Gasteiger partial charge is 0.135 e. The van der Waals surface area contributed by atoms with E-state index >= 15 is 0 Å². The predicted octanol–water partition coefficient (Wildman–Crippen LogP) is 3.63. The quantitative estimate of drug-likeness (QED) is 0.782. The van der Waals surface area contributed by atoms with Gasteiger partial charge in [0.05, 0.1) is 5.60 Å². The SMILES string of the molecule is OC1(c2ccc3nonc3c2)CC2CCCC(C1)N2Cc1ccccc1. The Labute approximate surface area is 152 Å². The molecule has 0 saturated carbocycles. The van der Waals surface area contributed by atoms with E-state index in [-0.39, 0.29) is 0 Å². The van der Waals surface area contributed by atoms with Crippen LogP contribution < -0.4 is 0 Å². The first-order valence-corrected chi connectivity index (χ1v) is 9.46. The number of piperidine rings is 2. The van der Waals surface area contributed by atoms with E-state index in [1.165, 1.54) is 12.0 Å². The summed E-state index contributed by atoms with van der Waals surface area (Å²) >= 11 is 0. The van der Waals surface area contributed by atoms with Crippen molar-refractivity contribution in [2.24, 2.45) is 0 Å². The highest BCUT2D eigenvalue weighted by Gasteiger charge is 2.46. The molecule has 2 unspecified atom stereocenters. The van der Waals surface area contributed by atoms with Crippen LogP contribution in [0, 0.1) is 0 Å². The van der Waals surface area contributed by atoms with Crippen LogP contribution in [0.4, 0.5) is 0 Å². The van der Waals surface area contributed by atoms with Gasteiger partial charge in [0.25, 0.3) is 0 Å². The molecule has 5 rings (SSSR count). The van der Waals surface area contributed by atoms with Crippen LogP contribution >= 0.6 is 0 Å². The number of benzene rings is 2. The molecule has 2 fully saturated rings. The van der Waals surface area contributed by atoms with Gasteiger partial charge in [-0.15, -0.1) is 0 Å². The Balaban J connectivity index is 1.43. The van der Waals surface area contributed by atoms with Crippen molar-refractivity contribution in [3.05, 3.63) is 59.7 Å². The summed E-state index contributed by atoms with van der Waals surface area (Å²) in [6.07, 6.45) is 5.10. The third-order valence-corrected chi connectivity index (χ3v) is 6.16. The molecule has 0 radical (unpaired) electrons. The molecule has 3 aromatic rings. The number of aliphatic hydroxyl groups is 1. The molecule has 2 aliphatic heterocycles. The fraction of sp³-hybridized carbons (Fsp3) is 0.429. The average Bonchev–Trinajstić information content (AvgIpc) is 3.11. The maximum atomic E-state index is 11.5. The molecule has 3 heterocycles. The summed E-state index contributed by atoms with van der Waals surface area (Å²) in [5, 5.41) is 19.3. The van der Waals surface area contributed by atoms with Crippen molar-refractivity contribution >= 4 is 11.0 Å². The van der Waals surface area contributed by atoms with E-state index in [1.54, 1.807) is 0 Å². The molecule has 2 saturated heterocycles. The Morgan fingerprint density at radius 1 is 1.00 bits per heavy atom. The van der Waals surface area contributed by atoms with Gasteiger partial charge in [-0.1, -0.05) is 42.8 Å². The lowest BCUT2D eigenvalue weighted by molar-refractivity contribution is -0.0998. The lowest BCUT2D eigenvalue weighted by atomic mass is 9.72. The summed E-state index contributed by atoms with van der Waals surface area (Å²) in [4.78, 5) is 2.61. The van der Waals surface area contributed by atoms with Gasteiger partial charge in [0.15, 0.2) is 0 Å². The zero-order valence-corrected chi connectivity index (χ0v) is 14.7. The van der Waals surface area contributed by atoms with Crippen molar-refractivity contribution in [3.8, 4) is 0 Å². The maximum absolute atomic E-state index is 11.5. The fourth-order valence-electron chi connectivity index (χ4n) is 4.88. The summed E-state index contributed by atoms with van der Waals surface area (Å²) in [7, 11) is 0. The van der Waals surface area contributed by atoms with Crippen LogP contribution in [0.1, 0.15) is 43.2 Å². The summed E-state index contributed by atoms with van der Waals surface area (Å²) in [6, 6.07) is 17.3. The lowest BCUT2D eigenvalue weighted by Gasteiger charge is -2.52. The molecule has 134 valence electrons. The monoisotopic (exact) mass is 349 g/mol. The van der Waals surface area contributed by atoms with Gasteiger partial charge >= 0.3 is 0 Å². The number of nitrogens with zero attached hydrogens (tertiary/aromatic N) is 3. The van der Waals surface area contributed by atoms with Crippen molar-refractivity contribution in [1.82, 2.24) is 15.2 Å². The Bertz CT molecular complexity index is 894. The summed E-state index contributed by atoms with van der Waals surface area (Å²) in [6.45, 7) is 0.971. The first kappa shape index (κ1) is 16.0. The zero-order valence-electron chi connectivity index (χ0n) is 14.7. The van der Waals surface area contributed by atoms with Crippen LogP contribution in [0.25, 0.3) is 11.0 Å². The van der Waals surface area contributed by atoms with Gasteiger partial charge < -0.3 is 5.11 Å². The maximum Gasteiger partial charge on any atom is 0.135 e. The topological polar surface area (TPSA) is 62.4 Å². The number of fused-ring (bicyclic) bond motifs is 3. The highest BCUT2D eigenvalue weighted by Crippen LogP contribution is 2.45. The van der Waals surface area contributed by atoms with Gasteiger partial charge in [-0.05, 0) is 59.3 Å². The Kier molecular flexibility index (Phi) is 3.80. The van der Waals surface area contributed by atoms with Gasteiger partial charge in [0, 0.05) is 18.6 Å². The largest absolute Gasteiger partial charge is 0.385 e. The van der Waals surface area contributed by atoms with Gasteiger partial charge in [-0.3, -0.25) is 4.90 Å². The van der Waals surface area contributed by atoms with Crippen molar-refractivity contribution in [3.63, 3.8) is 0 Å². The molecule has 1 N–H and O–H groups in total. The van der Waals surface area contributed by atoms with Gasteiger partial charge in [0.2, 0.25) is 0 Å². The summed E-state index contributed by atoms with van der Waals surface area (Å²) in [5.74, 6) is 0. The lowest BCUT2D eigenvalue weighted by Crippen LogP contribution is -2.56. The van der Waals surface area contributed by atoms with E-state index in [0.717, 1.165) is 43.3 Å². The zero-order chi connectivity index (χ0) is 17.6. The molecule has 26 heavy (non-hydrogen) atoms. The minimum absolute atomic E-state index is 0.416. The Morgan fingerprint density at radius 3 is 2.50 bits per heavy atom. The molecule has 0 spiro atoms. The van der Waals surface area contributed by atoms with E-state index in [2.05, 4.69) is 45.5 Å². The number of hydrogen-bond acceptors (Lipinski definition) is 5. The van der Waals surface area contributed by atoms with Crippen LogP contribution in [0.2, 0.25) is 0 Å². The van der Waals surface area contributed by atoms with Gasteiger partial charge in [-0.25, -0.2) is 4.63 Å². The number of hydrogen-bond donors (Lipinski definition) is 1. The highest BCUT2D eigenvalue weighted by atomic mass is 16.6. The van der Waals surface area contributed by atoms with E-state index in [4.69, 9.17) is 4.63 Å². The Hall–Kier alpha value is -2.24. The van der Waals surface area contributed by atoms with E-state index in [1.807, 2.05) is 18.2 Å². The molecule has 5 heteroatoms. The van der Waals surface area contributed by atoms with E-state index in [0.29, 0.717) is 17.6 Å². The third-order valence-electron chi connectivity index (χ3n) is 6.16. The number of aromatic nitrogens is 2. The fourth-order valence-corrected chi connectivity index (χ4v) is 4.88. The minimum Gasteiger partial charge on any atom is -0.385 e. The van der Waals surface area contributed by atoms with Crippen LogP contribution in [0.15, 0.2) is 53.2 Å². The first-order valence-electron chi connectivity index (χ1n) is 9.46. The molecule has 2 aliphatic rings. The van der Waals surface area contributed by atoms with Crippen molar-refractivity contribution in [2.75, 3.05) is 0 Å². The minimum atomic E-state index is -0.796. The number of rotatable bonds is 3. The molecule has 1 aromatic heterocycles. The normalized spacial score (nSPS) is 29.1. The Morgan fingerprint density at radius 2 is 1.73 bits per heavy atom. The second-order valence-electron chi connectivity index (χ2n) is 7.80. The second kappa shape index (κ2) is 6.18. The highest BCUT2D eigenvalue weighted by molar-refractivity contribution is 5.74. The first-order chi connectivity index (χ1) is 12.7. The van der Waals surface area contributed by atoms with Crippen molar-refractivity contribution < 1.29 is 9.74 Å². The third kappa shape index (κ3) is 2.72. The van der Waals surface area contributed by atoms with Crippen LogP contribution in [0.3, 0.4) is 0 Å². The molecule has 2 bridgehead atoms. The van der Waals surface area contributed by atoms with Crippen molar-refractivity contribution in [2.45, 2.75) is 56.3 Å². The van der Waals surface area contributed by atoms with Gasteiger partial charge in [-0.2, -0.15) is 0 Å². The molecule has 2 aromatic carbocycles.